The first-order valence-corrected chi connectivity index (χ1v) is 6.75. The number of ether oxygens (including phenoxy) is 1. The lowest BCUT2D eigenvalue weighted by molar-refractivity contribution is 0.0597. The van der Waals surface area contributed by atoms with Crippen LogP contribution in [-0.2, 0) is 4.74 Å². The zero-order valence-corrected chi connectivity index (χ0v) is 11.5. The second-order valence-electron chi connectivity index (χ2n) is 3.99. The normalized spacial score (nSPS) is 10.7. The summed E-state index contributed by atoms with van der Waals surface area (Å²) in [5.41, 5.74) is 1.32. The van der Waals surface area contributed by atoms with Crippen LogP contribution in [0.3, 0.4) is 0 Å². The minimum atomic E-state index is -0.350. The summed E-state index contributed by atoms with van der Waals surface area (Å²) < 4.78 is 6.48. The van der Waals surface area contributed by atoms with Gasteiger partial charge in [-0.3, -0.25) is 0 Å². The Bertz CT molecular complexity index is 770. The average molecular weight is 285 g/mol. The molecule has 6 heteroatoms. The highest BCUT2D eigenvalue weighted by molar-refractivity contribution is 7.99. The van der Waals surface area contributed by atoms with E-state index in [1.54, 1.807) is 23.0 Å². The fourth-order valence-corrected chi connectivity index (χ4v) is 2.70. The average Bonchev–Trinajstić information content (AvgIpc) is 2.94. The fraction of sp³-hybridized carbons (Fsp3) is 0.0714. The molecule has 1 aromatic carbocycles. The van der Waals surface area contributed by atoms with Crippen LogP contribution >= 0.6 is 11.8 Å². The molecular weight excluding hydrogens is 274 g/mol. The number of imidazole rings is 1. The van der Waals surface area contributed by atoms with Crippen LogP contribution in [0.4, 0.5) is 0 Å². The summed E-state index contributed by atoms with van der Waals surface area (Å²) in [6, 6.07) is 11.1. The maximum absolute atomic E-state index is 11.7. The van der Waals surface area contributed by atoms with Crippen LogP contribution in [0.1, 0.15) is 10.4 Å². The number of aromatic nitrogens is 3. The second-order valence-corrected chi connectivity index (χ2v) is 5.05. The van der Waals surface area contributed by atoms with Crippen molar-refractivity contribution in [2.75, 3.05) is 7.11 Å². The lowest BCUT2D eigenvalue weighted by Gasteiger charge is -2.06. The summed E-state index contributed by atoms with van der Waals surface area (Å²) in [5, 5.41) is 5.21. The van der Waals surface area contributed by atoms with Gasteiger partial charge in [-0.05, 0) is 24.3 Å². The number of nitrogens with zero attached hydrogens (tertiary/aromatic N) is 3. The van der Waals surface area contributed by atoms with Gasteiger partial charge in [0, 0.05) is 17.3 Å². The van der Waals surface area contributed by atoms with Crippen molar-refractivity contribution in [1.29, 1.82) is 0 Å². The van der Waals surface area contributed by atoms with E-state index in [-0.39, 0.29) is 5.97 Å². The minimum Gasteiger partial charge on any atom is -0.465 e. The van der Waals surface area contributed by atoms with Crippen LogP contribution in [0.15, 0.2) is 58.7 Å². The van der Waals surface area contributed by atoms with E-state index in [0.717, 1.165) is 15.6 Å². The molecular formula is C14H11N3O2S. The molecule has 3 aromatic rings. The molecule has 2 aromatic heterocycles. The molecule has 0 spiro atoms. The zero-order valence-electron chi connectivity index (χ0n) is 10.7. The monoisotopic (exact) mass is 285 g/mol. The lowest BCUT2D eigenvalue weighted by atomic mass is 10.2. The number of carbonyl (C=O) groups is 1. The molecule has 0 radical (unpaired) electrons. The Labute approximate surface area is 119 Å². The van der Waals surface area contributed by atoms with Crippen molar-refractivity contribution < 1.29 is 9.53 Å². The fourth-order valence-electron chi connectivity index (χ4n) is 1.80. The maximum Gasteiger partial charge on any atom is 0.339 e. The highest BCUT2D eigenvalue weighted by atomic mass is 32.2. The number of hydrogen-bond donors (Lipinski definition) is 0. The van der Waals surface area contributed by atoms with E-state index in [1.807, 2.05) is 30.3 Å². The highest BCUT2D eigenvalue weighted by Crippen LogP contribution is 2.29. The predicted octanol–water partition coefficient (Wildman–Crippen LogP) is 2.67. The van der Waals surface area contributed by atoms with E-state index < -0.39 is 0 Å². The van der Waals surface area contributed by atoms with Gasteiger partial charge in [0.25, 0.3) is 0 Å². The summed E-state index contributed by atoms with van der Waals surface area (Å²) in [6.07, 6.45) is 3.48. The molecule has 5 nitrogen and oxygen atoms in total. The molecule has 20 heavy (non-hydrogen) atoms. The lowest BCUT2D eigenvalue weighted by Crippen LogP contribution is -2.03. The molecule has 0 saturated heterocycles. The van der Waals surface area contributed by atoms with Crippen molar-refractivity contribution in [3.8, 4) is 0 Å². The molecule has 2 heterocycles. The molecule has 0 atom stereocenters. The van der Waals surface area contributed by atoms with Gasteiger partial charge in [-0.15, -0.1) is 0 Å². The van der Waals surface area contributed by atoms with Gasteiger partial charge in [-0.2, -0.15) is 5.10 Å². The Hall–Kier alpha value is -2.34. The molecule has 100 valence electrons. The van der Waals surface area contributed by atoms with Gasteiger partial charge < -0.3 is 4.74 Å². The summed E-state index contributed by atoms with van der Waals surface area (Å²) >= 11 is 1.42. The van der Waals surface area contributed by atoms with Crippen molar-refractivity contribution in [2.45, 2.75) is 9.92 Å². The first-order chi connectivity index (χ1) is 9.78. The van der Waals surface area contributed by atoms with Crippen LogP contribution in [0.25, 0.3) is 5.65 Å². The van der Waals surface area contributed by atoms with Crippen LogP contribution < -0.4 is 0 Å². The summed E-state index contributed by atoms with van der Waals surface area (Å²) in [6.45, 7) is 0. The molecule has 0 N–H and O–H groups in total. The number of benzene rings is 1. The molecule has 0 aliphatic heterocycles. The molecule has 0 saturated carbocycles. The molecule has 0 bridgehead atoms. The SMILES string of the molecule is COC(=O)c1ccccc1Sc1ccc2nccn2n1. The quantitative estimate of drug-likeness (QED) is 0.692. The first-order valence-electron chi connectivity index (χ1n) is 5.93. The van der Waals surface area contributed by atoms with E-state index in [2.05, 4.69) is 10.1 Å². The van der Waals surface area contributed by atoms with Crippen molar-refractivity contribution in [1.82, 2.24) is 14.6 Å². The maximum atomic E-state index is 11.7. The van der Waals surface area contributed by atoms with Gasteiger partial charge in [-0.1, -0.05) is 23.9 Å². The Morgan fingerprint density at radius 2 is 2.10 bits per heavy atom. The van der Waals surface area contributed by atoms with Crippen LogP contribution in [0, 0.1) is 0 Å². The molecule has 0 aliphatic carbocycles. The van der Waals surface area contributed by atoms with E-state index in [4.69, 9.17) is 4.74 Å². The number of fused-ring (bicyclic) bond motifs is 1. The molecule has 0 fully saturated rings. The number of carbonyl (C=O) groups excluding carboxylic acids is 1. The van der Waals surface area contributed by atoms with Crippen molar-refractivity contribution in [3.63, 3.8) is 0 Å². The number of rotatable bonds is 3. The standard InChI is InChI=1S/C14H11N3O2S/c1-19-14(18)10-4-2-3-5-11(10)20-13-7-6-12-15-8-9-17(12)16-13/h2-9H,1H3. The van der Waals surface area contributed by atoms with E-state index in [1.165, 1.54) is 18.9 Å². The number of methoxy groups -OCH3 is 1. The van der Waals surface area contributed by atoms with E-state index in [9.17, 15) is 4.79 Å². The third-order valence-corrected chi connectivity index (χ3v) is 3.74. The van der Waals surface area contributed by atoms with E-state index >= 15 is 0 Å². The summed E-state index contributed by atoms with van der Waals surface area (Å²) in [5.74, 6) is -0.350. The third-order valence-electron chi connectivity index (χ3n) is 2.74. The molecule has 0 amide bonds. The van der Waals surface area contributed by atoms with Crippen LogP contribution in [0.2, 0.25) is 0 Å². The third kappa shape index (κ3) is 2.37. The van der Waals surface area contributed by atoms with Crippen molar-refractivity contribution in [2.24, 2.45) is 0 Å². The first kappa shape index (κ1) is 12.7. The Balaban J connectivity index is 1.96. The van der Waals surface area contributed by atoms with Crippen LogP contribution in [-0.4, -0.2) is 27.7 Å². The Morgan fingerprint density at radius 1 is 1.25 bits per heavy atom. The van der Waals surface area contributed by atoms with E-state index in [0.29, 0.717) is 5.56 Å². The van der Waals surface area contributed by atoms with Gasteiger partial charge in [0.2, 0.25) is 0 Å². The number of hydrogen-bond acceptors (Lipinski definition) is 5. The minimum absolute atomic E-state index is 0.350. The van der Waals surface area contributed by atoms with Crippen molar-refractivity contribution >= 4 is 23.4 Å². The van der Waals surface area contributed by atoms with Crippen molar-refractivity contribution in [3.05, 3.63) is 54.4 Å². The summed E-state index contributed by atoms with van der Waals surface area (Å²) in [4.78, 5) is 16.7. The van der Waals surface area contributed by atoms with Gasteiger partial charge in [-0.25, -0.2) is 14.3 Å². The second kappa shape index (κ2) is 5.34. The Morgan fingerprint density at radius 3 is 2.95 bits per heavy atom. The Kier molecular flexibility index (Phi) is 3.39. The predicted molar refractivity (Wildman–Crippen MR) is 74.9 cm³/mol. The van der Waals surface area contributed by atoms with Gasteiger partial charge in [0.15, 0.2) is 5.65 Å². The highest BCUT2D eigenvalue weighted by Gasteiger charge is 2.12. The summed E-state index contributed by atoms with van der Waals surface area (Å²) in [7, 11) is 1.37. The smallest absolute Gasteiger partial charge is 0.339 e. The largest absolute Gasteiger partial charge is 0.465 e. The van der Waals surface area contributed by atoms with Gasteiger partial charge in [0.1, 0.15) is 5.03 Å². The molecule has 0 aliphatic rings. The number of esters is 1. The molecule has 0 unspecified atom stereocenters. The van der Waals surface area contributed by atoms with Gasteiger partial charge in [0.05, 0.1) is 12.7 Å². The topological polar surface area (TPSA) is 56.5 Å². The zero-order chi connectivity index (χ0) is 13.9. The molecule has 3 rings (SSSR count). The van der Waals surface area contributed by atoms with Crippen LogP contribution in [0.5, 0.6) is 0 Å². The van der Waals surface area contributed by atoms with Gasteiger partial charge >= 0.3 is 5.97 Å².